The van der Waals surface area contributed by atoms with Crippen LogP contribution in [0, 0.1) is 0 Å². The highest BCUT2D eigenvalue weighted by Crippen LogP contribution is 2.24. The maximum atomic E-state index is 5.96. The number of fused-ring (bicyclic) bond motifs is 1. The van der Waals surface area contributed by atoms with Gasteiger partial charge >= 0.3 is 0 Å². The van der Waals surface area contributed by atoms with Gasteiger partial charge in [0.25, 0.3) is 0 Å². The molecule has 1 aliphatic heterocycles. The van der Waals surface area contributed by atoms with Crippen molar-refractivity contribution < 1.29 is 4.74 Å². The molecule has 20 heavy (non-hydrogen) atoms. The van der Waals surface area contributed by atoms with Crippen LogP contribution in [0.3, 0.4) is 0 Å². The zero-order valence-electron chi connectivity index (χ0n) is 13.8. The summed E-state index contributed by atoms with van der Waals surface area (Å²) in [5.41, 5.74) is 0.915. The fourth-order valence-electron chi connectivity index (χ4n) is 1.97. The molecule has 0 amide bonds. The first kappa shape index (κ1) is 18.6. The van der Waals surface area contributed by atoms with E-state index in [0.29, 0.717) is 6.04 Å². The fourth-order valence-corrected chi connectivity index (χ4v) is 1.97. The lowest BCUT2D eigenvalue weighted by molar-refractivity contribution is 0.100. The highest BCUT2D eigenvalue weighted by atomic mass is 16.5. The Balaban J connectivity index is 0.000000829. The van der Waals surface area contributed by atoms with Crippen LogP contribution in [0.25, 0.3) is 0 Å². The van der Waals surface area contributed by atoms with Gasteiger partial charge in [0.1, 0.15) is 11.9 Å². The van der Waals surface area contributed by atoms with Crippen molar-refractivity contribution in [3.05, 3.63) is 48.4 Å². The summed E-state index contributed by atoms with van der Waals surface area (Å²) in [6.07, 6.45) is 13.8. The molecule has 2 nitrogen and oxygen atoms in total. The molecule has 0 saturated carbocycles. The molecule has 0 spiro atoms. The van der Waals surface area contributed by atoms with Gasteiger partial charge in [0.15, 0.2) is 0 Å². The van der Waals surface area contributed by atoms with Gasteiger partial charge in [-0.05, 0) is 25.0 Å². The van der Waals surface area contributed by atoms with Crippen LogP contribution in [0.15, 0.2) is 48.4 Å². The van der Waals surface area contributed by atoms with Crippen LogP contribution in [0.2, 0.25) is 0 Å². The van der Waals surface area contributed by atoms with Crippen molar-refractivity contribution >= 4 is 0 Å². The summed E-state index contributed by atoms with van der Waals surface area (Å²) >= 11 is 0. The van der Waals surface area contributed by atoms with E-state index in [-0.39, 0.29) is 6.10 Å². The first-order chi connectivity index (χ1) is 9.81. The minimum atomic E-state index is 0.128. The van der Waals surface area contributed by atoms with Gasteiger partial charge in [-0.3, -0.25) is 0 Å². The maximum absolute atomic E-state index is 5.96. The number of hydrogen-bond acceptors (Lipinski definition) is 2. The Labute approximate surface area is 125 Å². The quantitative estimate of drug-likeness (QED) is 0.757. The summed E-state index contributed by atoms with van der Waals surface area (Å²) in [5.74, 6) is 0.912. The molecule has 2 aliphatic rings. The van der Waals surface area contributed by atoms with Crippen LogP contribution in [0.1, 0.15) is 53.9 Å². The molecule has 1 heterocycles. The number of morpholine rings is 1. The lowest BCUT2D eigenvalue weighted by atomic mass is 10.0. The van der Waals surface area contributed by atoms with Gasteiger partial charge < -0.3 is 10.1 Å². The molecular weight excluding hydrogens is 246 g/mol. The summed E-state index contributed by atoms with van der Waals surface area (Å²) in [5, 5.41) is 3.43. The lowest BCUT2D eigenvalue weighted by Crippen LogP contribution is -2.44. The summed E-state index contributed by atoms with van der Waals surface area (Å²) < 4.78 is 5.96. The number of ether oxygens (including phenoxy) is 1. The maximum Gasteiger partial charge on any atom is 0.138 e. The second-order valence-corrected chi connectivity index (χ2v) is 4.22. The Kier molecular flexibility index (Phi) is 10.6. The SMILES string of the molecule is C=C1NC2CC=CC=C[C@H]2O/C1=C/CCC.CC.CC. The molecule has 2 rings (SSSR count). The van der Waals surface area contributed by atoms with E-state index in [1.807, 2.05) is 27.7 Å². The highest BCUT2D eigenvalue weighted by Gasteiger charge is 2.28. The predicted molar refractivity (Wildman–Crippen MR) is 89.5 cm³/mol. The summed E-state index contributed by atoms with van der Waals surface area (Å²) in [4.78, 5) is 0. The van der Waals surface area contributed by atoms with E-state index in [2.05, 4.69) is 49.2 Å². The predicted octanol–water partition coefficient (Wildman–Crippen LogP) is 5.11. The van der Waals surface area contributed by atoms with Crippen molar-refractivity contribution in [3.63, 3.8) is 0 Å². The van der Waals surface area contributed by atoms with Crippen LogP contribution >= 0.6 is 0 Å². The summed E-state index contributed by atoms with van der Waals surface area (Å²) in [6.45, 7) is 14.2. The molecule has 0 radical (unpaired) electrons. The third-order valence-corrected chi connectivity index (χ3v) is 2.87. The Morgan fingerprint density at radius 2 is 2.00 bits per heavy atom. The van der Waals surface area contributed by atoms with E-state index in [1.54, 1.807) is 0 Å². The van der Waals surface area contributed by atoms with Gasteiger partial charge in [0.2, 0.25) is 0 Å². The molecular formula is C18H31NO. The number of allylic oxidation sites excluding steroid dienone is 3. The van der Waals surface area contributed by atoms with Crippen molar-refractivity contribution in [2.75, 3.05) is 0 Å². The van der Waals surface area contributed by atoms with Gasteiger partial charge in [0, 0.05) is 0 Å². The van der Waals surface area contributed by atoms with Gasteiger partial charge in [-0.15, -0.1) is 0 Å². The average molecular weight is 277 g/mol. The van der Waals surface area contributed by atoms with Crippen molar-refractivity contribution in [1.82, 2.24) is 5.32 Å². The molecule has 1 N–H and O–H groups in total. The largest absolute Gasteiger partial charge is 0.482 e. The zero-order valence-corrected chi connectivity index (χ0v) is 13.8. The smallest absolute Gasteiger partial charge is 0.138 e. The Morgan fingerprint density at radius 3 is 2.65 bits per heavy atom. The first-order valence-electron chi connectivity index (χ1n) is 7.97. The first-order valence-corrected chi connectivity index (χ1v) is 7.97. The molecule has 0 bridgehead atoms. The zero-order chi connectivity index (χ0) is 15.4. The van der Waals surface area contributed by atoms with E-state index in [4.69, 9.17) is 4.74 Å². The Bertz CT molecular complexity index is 352. The van der Waals surface area contributed by atoms with E-state index in [9.17, 15) is 0 Å². The van der Waals surface area contributed by atoms with Crippen molar-refractivity contribution in [1.29, 1.82) is 0 Å². The molecule has 2 heteroatoms. The normalized spacial score (nSPS) is 25.1. The number of hydrogen-bond donors (Lipinski definition) is 1. The molecule has 0 aromatic rings. The molecule has 1 unspecified atom stereocenters. The van der Waals surface area contributed by atoms with Crippen molar-refractivity contribution in [3.8, 4) is 0 Å². The van der Waals surface area contributed by atoms with Crippen LogP contribution in [-0.2, 0) is 4.74 Å². The van der Waals surface area contributed by atoms with E-state index in [0.717, 1.165) is 30.7 Å². The van der Waals surface area contributed by atoms with Crippen molar-refractivity contribution in [2.24, 2.45) is 0 Å². The standard InChI is InChI=1S/C14H19NO.2C2H6/c1-3-4-9-13-11(2)15-12-8-6-5-7-10-14(12)16-13;2*1-2/h5-7,9-10,12,14-15H,2-4,8H2,1H3;2*1-2H3/b13-9+;;/t12?,14-;;/m1../s1. The average Bonchev–Trinajstić information content (AvgIpc) is 2.74. The van der Waals surface area contributed by atoms with E-state index in [1.165, 1.54) is 0 Å². The van der Waals surface area contributed by atoms with Gasteiger partial charge in [-0.1, -0.05) is 65.8 Å². The molecule has 0 aromatic carbocycles. The number of nitrogens with one attached hydrogen (secondary N) is 1. The molecule has 0 aromatic heterocycles. The van der Waals surface area contributed by atoms with Gasteiger partial charge in [0.05, 0.1) is 11.7 Å². The molecule has 1 aliphatic carbocycles. The number of rotatable bonds is 2. The van der Waals surface area contributed by atoms with Gasteiger partial charge in [-0.2, -0.15) is 0 Å². The Morgan fingerprint density at radius 1 is 1.30 bits per heavy atom. The lowest BCUT2D eigenvalue weighted by Gasteiger charge is -2.34. The molecule has 2 atom stereocenters. The van der Waals surface area contributed by atoms with E-state index < -0.39 is 0 Å². The topological polar surface area (TPSA) is 21.3 Å². The third kappa shape index (κ3) is 5.68. The number of unbranched alkanes of at least 4 members (excludes halogenated alkanes) is 1. The second kappa shape index (κ2) is 11.4. The molecule has 1 fully saturated rings. The second-order valence-electron chi connectivity index (χ2n) is 4.22. The minimum absolute atomic E-state index is 0.128. The van der Waals surface area contributed by atoms with Crippen LogP contribution in [0.5, 0.6) is 0 Å². The monoisotopic (exact) mass is 277 g/mol. The van der Waals surface area contributed by atoms with Crippen LogP contribution in [-0.4, -0.2) is 12.1 Å². The van der Waals surface area contributed by atoms with E-state index >= 15 is 0 Å². The van der Waals surface area contributed by atoms with Crippen molar-refractivity contribution in [2.45, 2.75) is 66.0 Å². The third-order valence-electron chi connectivity index (χ3n) is 2.87. The Hall–Kier alpha value is -1.44. The van der Waals surface area contributed by atoms with Crippen LogP contribution < -0.4 is 5.32 Å². The highest BCUT2D eigenvalue weighted by molar-refractivity contribution is 5.28. The molecule has 114 valence electrons. The fraction of sp³-hybridized carbons (Fsp3) is 0.556. The van der Waals surface area contributed by atoms with Gasteiger partial charge in [-0.25, -0.2) is 0 Å². The van der Waals surface area contributed by atoms with Crippen LogP contribution in [0.4, 0.5) is 0 Å². The summed E-state index contributed by atoms with van der Waals surface area (Å²) in [6, 6.07) is 0.321. The minimum Gasteiger partial charge on any atom is -0.482 e. The summed E-state index contributed by atoms with van der Waals surface area (Å²) in [7, 11) is 0. The molecule has 1 saturated heterocycles.